The van der Waals surface area contributed by atoms with Gasteiger partial charge in [-0.3, -0.25) is 4.98 Å². The molecular formula is C25H30N6O3S. The van der Waals surface area contributed by atoms with E-state index in [4.69, 9.17) is 10.1 Å². The summed E-state index contributed by atoms with van der Waals surface area (Å²) < 4.78 is 18.7. The first-order chi connectivity index (χ1) is 16.5. The number of urea groups is 1. The fourth-order valence-corrected chi connectivity index (χ4v) is 5.82. The Morgan fingerprint density at radius 1 is 1.23 bits per heavy atom. The molecule has 0 saturated carbocycles. The first kappa shape index (κ1) is 23.7. The molecule has 0 aliphatic heterocycles. The Hall–Kier alpha value is -3.08. The summed E-state index contributed by atoms with van der Waals surface area (Å²) in [7, 11) is -3.68. The van der Waals surface area contributed by atoms with Crippen LogP contribution in [0.15, 0.2) is 45.8 Å². The van der Waals surface area contributed by atoms with Gasteiger partial charge in [-0.1, -0.05) is 25.1 Å². The molecule has 0 fully saturated rings. The Bertz CT molecular complexity index is 1430. The maximum Gasteiger partial charge on any atom is 0.354 e. The average Bonchev–Trinajstić information content (AvgIpc) is 3.52. The van der Waals surface area contributed by atoms with E-state index >= 15 is 0 Å². The molecule has 2 heterocycles. The largest absolute Gasteiger partial charge is 0.384 e. The van der Waals surface area contributed by atoms with Crippen LogP contribution in [0.2, 0.25) is 0 Å². The fourth-order valence-electron chi connectivity index (χ4n) is 4.96. The third-order valence-electron chi connectivity index (χ3n) is 6.72. The van der Waals surface area contributed by atoms with E-state index in [-0.39, 0.29) is 5.03 Å². The first-order valence-electron chi connectivity index (χ1n) is 11.8. The van der Waals surface area contributed by atoms with Crippen LogP contribution >= 0.6 is 0 Å². The molecule has 0 bridgehead atoms. The maximum atomic E-state index is 13.4. The van der Waals surface area contributed by atoms with Gasteiger partial charge in [0.25, 0.3) is 0 Å². The Morgan fingerprint density at radius 2 is 1.97 bits per heavy atom. The number of carbonyl (C=O) groups excluding carboxylic acids is 1. The molecular weight excluding hydrogens is 464 g/mol. The van der Waals surface area contributed by atoms with Crippen molar-refractivity contribution in [2.75, 3.05) is 5.32 Å². The summed E-state index contributed by atoms with van der Waals surface area (Å²) in [5.41, 5.74) is 4.64. The van der Waals surface area contributed by atoms with Crippen molar-refractivity contribution in [3.8, 4) is 5.69 Å². The van der Waals surface area contributed by atoms with Crippen LogP contribution in [0, 0.1) is 0 Å². The summed E-state index contributed by atoms with van der Waals surface area (Å²) in [6, 6.07) is 9.79. The van der Waals surface area contributed by atoms with Crippen LogP contribution < -0.4 is 10.5 Å². The number of benzene rings is 1. The van der Waals surface area contributed by atoms with Gasteiger partial charge in [0.1, 0.15) is 5.60 Å². The number of rotatable bonds is 4. The van der Waals surface area contributed by atoms with Crippen LogP contribution in [0.5, 0.6) is 0 Å². The van der Waals surface area contributed by atoms with Crippen molar-refractivity contribution in [2.45, 2.75) is 69.4 Å². The lowest BCUT2D eigenvalue weighted by atomic mass is 10.0. The first-order valence-corrected chi connectivity index (χ1v) is 13.4. The molecule has 184 valence electrons. The molecule has 9 nitrogen and oxygen atoms in total. The zero-order chi connectivity index (χ0) is 25.0. The van der Waals surface area contributed by atoms with Gasteiger partial charge in [-0.15, -0.1) is 4.36 Å². The highest BCUT2D eigenvalue weighted by atomic mass is 32.2. The highest BCUT2D eigenvalue weighted by Gasteiger charge is 2.31. The number of nitrogens with two attached hydrogens (primary N) is 1. The topological polar surface area (TPSA) is 135 Å². The molecule has 2 amide bonds. The quantitative estimate of drug-likeness (QED) is 0.504. The number of anilines is 1. The molecule has 5 rings (SSSR count). The van der Waals surface area contributed by atoms with Crippen LogP contribution in [0.1, 0.15) is 67.7 Å². The van der Waals surface area contributed by atoms with Gasteiger partial charge < -0.3 is 10.4 Å². The fraction of sp³-hybridized carbons (Fsp3) is 0.400. The standard InChI is InChI=1S/C25H30N6O3S/c1-15-12-13-18-22(15)27-19-11-7-10-17(19)23(18)28-24(32)30-35(26,34)21-14-20(25(2,3)33)31(29-21)16-8-5-4-6-9-16/h4-6,8-9,14-15,33H,7,10-13H2,1-3H3,(H3,26,27,28,30,32,34)/t15?,35-/m1/s1. The summed E-state index contributed by atoms with van der Waals surface area (Å²) in [5.74, 6) is 0.337. The van der Waals surface area contributed by atoms with Crippen LogP contribution in [0.3, 0.4) is 0 Å². The van der Waals surface area contributed by atoms with Crippen molar-refractivity contribution < 1.29 is 14.1 Å². The van der Waals surface area contributed by atoms with Crippen molar-refractivity contribution in [1.82, 2.24) is 14.8 Å². The second-order valence-corrected chi connectivity index (χ2v) is 11.6. The smallest absolute Gasteiger partial charge is 0.354 e. The number of fused-ring (bicyclic) bond motifs is 2. The summed E-state index contributed by atoms with van der Waals surface area (Å²) in [5, 5.41) is 23.9. The number of carbonyl (C=O) groups is 1. The third-order valence-corrected chi connectivity index (χ3v) is 7.95. The number of aryl methyl sites for hydroxylation is 1. The number of aliphatic hydroxyl groups is 1. The van der Waals surface area contributed by atoms with E-state index in [1.165, 1.54) is 10.7 Å². The van der Waals surface area contributed by atoms with Crippen molar-refractivity contribution in [2.24, 2.45) is 9.50 Å². The van der Waals surface area contributed by atoms with E-state index in [1.807, 2.05) is 18.2 Å². The van der Waals surface area contributed by atoms with Crippen molar-refractivity contribution in [3.63, 3.8) is 0 Å². The van der Waals surface area contributed by atoms with Crippen LogP contribution in [-0.2, 0) is 34.8 Å². The number of nitrogens with zero attached hydrogens (tertiary/aromatic N) is 4. The number of hydrogen-bond acceptors (Lipinski definition) is 5. The van der Waals surface area contributed by atoms with Crippen molar-refractivity contribution in [3.05, 3.63) is 64.6 Å². The number of amides is 2. The summed E-state index contributed by atoms with van der Waals surface area (Å²) >= 11 is 0. The van der Waals surface area contributed by atoms with E-state index in [1.54, 1.807) is 26.0 Å². The normalized spacial score (nSPS) is 18.6. The molecule has 0 spiro atoms. The molecule has 2 aromatic heterocycles. The third kappa shape index (κ3) is 4.37. The predicted molar refractivity (Wildman–Crippen MR) is 134 cm³/mol. The van der Waals surface area contributed by atoms with E-state index < -0.39 is 21.5 Å². The molecule has 10 heteroatoms. The van der Waals surface area contributed by atoms with E-state index in [0.717, 1.165) is 60.3 Å². The molecule has 1 unspecified atom stereocenters. The predicted octanol–water partition coefficient (Wildman–Crippen LogP) is 3.97. The molecule has 2 aliphatic rings. The Labute approximate surface area is 205 Å². The van der Waals surface area contributed by atoms with Gasteiger partial charge in [0.05, 0.1) is 17.1 Å². The van der Waals surface area contributed by atoms with Gasteiger partial charge in [-0.2, -0.15) is 5.10 Å². The summed E-state index contributed by atoms with van der Waals surface area (Å²) in [4.78, 5) is 17.9. The lowest BCUT2D eigenvalue weighted by Gasteiger charge is -2.18. The lowest BCUT2D eigenvalue weighted by molar-refractivity contribution is 0.0711. The molecule has 0 radical (unpaired) electrons. The number of aromatic nitrogens is 3. The second-order valence-electron chi connectivity index (χ2n) is 9.83. The van der Waals surface area contributed by atoms with Gasteiger partial charge in [-0.25, -0.2) is 18.8 Å². The van der Waals surface area contributed by atoms with Crippen LogP contribution in [0.4, 0.5) is 10.5 Å². The van der Waals surface area contributed by atoms with Crippen LogP contribution in [-0.4, -0.2) is 30.1 Å². The molecule has 0 saturated heterocycles. The zero-order valence-corrected chi connectivity index (χ0v) is 20.9. The average molecular weight is 495 g/mol. The van der Waals surface area contributed by atoms with Crippen molar-refractivity contribution >= 4 is 21.6 Å². The molecule has 4 N–H and O–H groups in total. The molecule has 2 aliphatic carbocycles. The Morgan fingerprint density at radius 3 is 2.69 bits per heavy atom. The maximum absolute atomic E-state index is 13.4. The van der Waals surface area contributed by atoms with Gasteiger partial charge in [0.2, 0.25) is 0 Å². The van der Waals surface area contributed by atoms with Crippen molar-refractivity contribution in [1.29, 1.82) is 0 Å². The monoisotopic (exact) mass is 494 g/mol. The molecule has 2 atom stereocenters. The van der Waals surface area contributed by atoms with Gasteiger partial charge in [-0.05, 0) is 75.1 Å². The Balaban J connectivity index is 1.52. The Kier molecular flexibility index (Phi) is 5.77. The van der Waals surface area contributed by atoms with Gasteiger partial charge in [0.15, 0.2) is 14.9 Å². The molecule has 3 aromatic rings. The molecule has 1 aromatic carbocycles. The van der Waals surface area contributed by atoms with E-state index in [0.29, 0.717) is 17.3 Å². The number of hydrogen-bond donors (Lipinski definition) is 3. The van der Waals surface area contributed by atoms with Gasteiger partial charge in [0, 0.05) is 17.5 Å². The molecule has 35 heavy (non-hydrogen) atoms. The minimum atomic E-state index is -3.68. The minimum Gasteiger partial charge on any atom is -0.384 e. The second kappa shape index (κ2) is 8.54. The highest BCUT2D eigenvalue weighted by Crippen LogP contribution is 2.41. The number of nitrogens with one attached hydrogen (secondary N) is 1. The summed E-state index contributed by atoms with van der Waals surface area (Å²) in [6.45, 7) is 5.34. The summed E-state index contributed by atoms with van der Waals surface area (Å²) in [6.07, 6.45) is 4.54. The van der Waals surface area contributed by atoms with E-state index in [9.17, 15) is 14.1 Å². The lowest BCUT2D eigenvalue weighted by Crippen LogP contribution is -2.20. The number of pyridine rings is 1. The highest BCUT2D eigenvalue weighted by molar-refractivity contribution is 7.91. The van der Waals surface area contributed by atoms with Crippen LogP contribution in [0.25, 0.3) is 5.69 Å². The number of para-hydroxylation sites is 1. The zero-order valence-electron chi connectivity index (χ0n) is 20.1. The van der Waals surface area contributed by atoms with E-state index in [2.05, 4.69) is 21.7 Å². The van der Waals surface area contributed by atoms with Gasteiger partial charge >= 0.3 is 6.03 Å². The SMILES string of the molecule is CC1CCc2c1nc1c(c2NC(=O)N=[S@@](N)(=O)c2cc(C(C)(C)O)n(-c3ccccc3)n2)CCC1. The minimum absolute atomic E-state index is 0.0764.